The highest BCUT2D eigenvalue weighted by Crippen LogP contribution is 2.06. The molecule has 1 N–H and O–H groups in total. The van der Waals surface area contributed by atoms with Crippen molar-refractivity contribution in [1.82, 2.24) is 5.32 Å². The zero-order chi connectivity index (χ0) is 9.40. The molecule has 0 aliphatic heterocycles. The van der Waals surface area contributed by atoms with Crippen molar-refractivity contribution in [2.24, 2.45) is 11.8 Å². The summed E-state index contributed by atoms with van der Waals surface area (Å²) in [5.41, 5.74) is 0. The van der Waals surface area contributed by atoms with Crippen molar-refractivity contribution in [3.05, 3.63) is 12.2 Å². The number of hydrogen-bond acceptors (Lipinski definition) is 1. The summed E-state index contributed by atoms with van der Waals surface area (Å²) in [6.07, 6.45) is 4.04. The van der Waals surface area contributed by atoms with Gasteiger partial charge in [-0.25, -0.2) is 0 Å². The van der Waals surface area contributed by atoms with E-state index < -0.39 is 0 Å². The molecule has 72 valence electrons. The Hall–Kier alpha value is -0.0100. The van der Waals surface area contributed by atoms with E-state index in [1.54, 1.807) is 0 Å². The molecule has 1 atom stereocenters. The predicted molar refractivity (Wildman–Crippen MR) is 56.7 cm³/mol. The average Bonchev–Trinajstić information content (AvgIpc) is 2.03. The van der Waals surface area contributed by atoms with Crippen LogP contribution >= 0.6 is 11.6 Å². The molecule has 0 fully saturated rings. The fraction of sp³-hybridized carbons (Fsp3) is 0.800. The molecule has 0 aromatic rings. The van der Waals surface area contributed by atoms with E-state index in [9.17, 15) is 0 Å². The van der Waals surface area contributed by atoms with Crippen LogP contribution in [0.1, 0.15) is 20.8 Å². The Morgan fingerprint density at radius 1 is 1.25 bits per heavy atom. The predicted octanol–water partition coefficient (Wildman–Crippen LogP) is 2.66. The second-order valence-electron chi connectivity index (χ2n) is 3.51. The number of halogens is 1. The Morgan fingerprint density at radius 2 is 1.92 bits per heavy atom. The van der Waals surface area contributed by atoms with E-state index in [1.807, 2.05) is 6.08 Å². The topological polar surface area (TPSA) is 12.0 Å². The zero-order valence-electron chi connectivity index (χ0n) is 8.31. The summed E-state index contributed by atoms with van der Waals surface area (Å²) in [4.78, 5) is 0. The molecular formula is C10H20ClN. The minimum atomic E-state index is 0.613. The first-order chi connectivity index (χ1) is 5.68. The van der Waals surface area contributed by atoms with Gasteiger partial charge in [0.1, 0.15) is 0 Å². The van der Waals surface area contributed by atoms with Crippen LogP contribution in [0.5, 0.6) is 0 Å². The molecule has 12 heavy (non-hydrogen) atoms. The molecule has 0 aliphatic carbocycles. The van der Waals surface area contributed by atoms with Crippen molar-refractivity contribution in [2.45, 2.75) is 20.8 Å². The highest BCUT2D eigenvalue weighted by Gasteiger charge is 2.04. The first kappa shape index (κ1) is 12.0. The molecular weight excluding hydrogens is 170 g/mol. The summed E-state index contributed by atoms with van der Waals surface area (Å²) >= 11 is 5.48. The summed E-state index contributed by atoms with van der Waals surface area (Å²) in [5, 5.41) is 3.36. The van der Waals surface area contributed by atoms with Crippen molar-refractivity contribution in [2.75, 3.05) is 19.0 Å². The van der Waals surface area contributed by atoms with Crippen molar-refractivity contribution in [3.63, 3.8) is 0 Å². The fourth-order valence-electron chi connectivity index (χ4n) is 0.776. The third kappa shape index (κ3) is 6.68. The first-order valence-corrected chi connectivity index (χ1v) is 5.13. The van der Waals surface area contributed by atoms with Gasteiger partial charge in [0, 0.05) is 12.4 Å². The molecule has 0 aromatic carbocycles. The highest BCUT2D eigenvalue weighted by molar-refractivity contribution is 6.18. The van der Waals surface area contributed by atoms with Crippen molar-refractivity contribution in [3.8, 4) is 0 Å². The molecule has 0 radical (unpaired) electrons. The molecule has 0 amide bonds. The van der Waals surface area contributed by atoms with E-state index in [-0.39, 0.29) is 0 Å². The number of nitrogens with one attached hydrogen (secondary N) is 1. The minimum Gasteiger partial charge on any atom is -0.313 e. The molecule has 1 unspecified atom stereocenters. The van der Waals surface area contributed by atoms with Gasteiger partial charge in [-0.3, -0.25) is 0 Å². The number of allylic oxidation sites excluding steroid dienone is 1. The molecule has 0 saturated carbocycles. The first-order valence-electron chi connectivity index (χ1n) is 4.60. The van der Waals surface area contributed by atoms with Gasteiger partial charge in [-0.1, -0.05) is 32.9 Å². The normalized spacial score (nSPS) is 14.4. The fourth-order valence-corrected chi connectivity index (χ4v) is 0.902. The van der Waals surface area contributed by atoms with Crippen LogP contribution in [0, 0.1) is 11.8 Å². The van der Waals surface area contributed by atoms with E-state index in [1.165, 1.54) is 0 Å². The summed E-state index contributed by atoms with van der Waals surface area (Å²) in [5.74, 6) is 2.12. The Labute approximate surface area is 81.2 Å². The van der Waals surface area contributed by atoms with Crippen molar-refractivity contribution >= 4 is 11.6 Å². The van der Waals surface area contributed by atoms with Crippen LogP contribution in [0.3, 0.4) is 0 Å². The van der Waals surface area contributed by atoms with E-state index in [4.69, 9.17) is 11.6 Å². The van der Waals surface area contributed by atoms with E-state index in [0.717, 1.165) is 24.9 Å². The lowest BCUT2D eigenvalue weighted by molar-refractivity contribution is 0.400. The van der Waals surface area contributed by atoms with Gasteiger partial charge in [-0.15, -0.1) is 11.6 Å². The number of alkyl halides is 1. The van der Waals surface area contributed by atoms with Gasteiger partial charge in [0.05, 0.1) is 0 Å². The van der Waals surface area contributed by atoms with Crippen LogP contribution < -0.4 is 5.32 Å². The highest BCUT2D eigenvalue weighted by atomic mass is 35.5. The number of hydrogen-bond donors (Lipinski definition) is 1. The quantitative estimate of drug-likeness (QED) is 0.385. The second kappa shape index (κ2) is 7.63. The molecule has 0 spiro atoms. The molecule has 0 heterocycles. The maximum absolute atomic E-state index is 5.48. The van der Waals surface area contributed by atoms with Crippen LogP contribution in [0.25, 0.3) is 0 Å². The molecule has 0 bridgehead atoms. The smallest absolute Gasteiger partial charge is 0.0404 e. The van der Waals surface area contributed by atoms with Gasteiger partial charge >= 0.3 is 0 Å². The zero-order valence-corrected chi connectivity index (χ0v) is 9.06. The van der Waals surface area contributed by atoms with E-state index >= 15 is 0 Å². The Balaban J connectivity index is 3.25. The van der Waals surface area contributed by atoms with E-state index in [0.29, 0.717) is 5.88 Å². The largest absolute Gasteiger partial charge is 0.313 e. The van der Waals surface area contributed by atoms with Crippen LogP contribution in [-0.2, 0) is 0 Å². The minimum absolute atomic E-state index is 0.613. The van der Waals surface area contributed by atoms with Gasteiger partial charge in [-0.05, 0) is 18.4 Å². The average molecular weight is 190 g/mol. The van der Waals surface area contributed by atoms with E-state index in [2.05, 4.69) is 32.2 Å². The summed E-state index contributed by atoms with van der Waals surface area (Å²) in [6, 6.07) is 0. The van der Waals surface area contributed by atoms with Crippen LogP contribution in [0.4, 0.5) is 0 Å². The SMILES string of the molecule is CC(C)C(C)CNC/C=C/CCl. The summed E-state index contributed by atoms with van der Waals surface area (Å²) in [7, 11) is 0. The lowest BCUT2D eigenvalue weighted by atomic mass is 9.98. The third-order valence-electron chi connectivity index (χ3n) is 2.12. The Bertz CT molecular complexity index is 121. The maximum atomic E-state index is 5.48. The Kier molecular flexibility index (Phi) is 7.62. The van der Waals surface area contributed by atoms with Gasteiger partial charge in [-0.2, -0.15) is 0 Å². The number of rotatable bonds is 6. The summed E-state index contributed by atoms with van der Waals surface area (Å²) in [6.45, 7) is 8.79. The molecule has 0 aliphatic rings. The molecule has 1 nitrogen and oxygen atoms in total. The van der Waals surface area contributed by atoms with Crippen LogP contribution in [-0.4, -0.2) is 19.0 Å². The van der Waals surface area contributed by atoms with Crippen LogP contribution in [0.15, 0.2) is 12.2 Å². The molecule has 0 rings (SSSR count). The lowest BCUT2D eigenvalue weighted by Gasteiger charge is -2.15. The standard InChI is InChI=1S/C10H20ClN/c1-9(2)10(3)8-12-7-5-4-6-11/h4-5,9-10,12H,6-8H2,1-3H3/b5-4+. The molecule has 0 saturated heterocycles. The third-order valence-corrected chi connectivity index (χ3v) is 2.30. The molecule has 2 heteroatoms. The van der Waals surface area contributed by atoms with Crippen LogP contribution in [0.2, 0.25) is 0 Å². The van der Waals surface area contributed by atoms with Gasteiger partial charge in [0.15, 0.2) is 0 Å². The second-order valence-corrected chi connectivity index (χ2v) is 3.81. The van der Waals surface area contributed by atoms with Crippen molar-refractivity contribution < 1.29 is 0 Å². The van der Waals surface area contributed by atoms with Gasteiger partial charge < -0.3 is 5.32 Å². The van der Waals surface area contributed by atoms with Gasteiger partial charge in [0.2, 0.25) is 0 Å². The monoisotopic (exact) mass is 189 g/mol. The Morgan fingerprint density at radius 3 is 2.42 bits per heavy atom. The van der Waals surface area contributed by atoms with Gasteiger partial charge in [0.25, 0.3) is 0 Å². The molecule has 0 aromatic heterocycles. The lowest BCUT2D eigenvalue weighted by Crippen LogP contribution is -2.24. The maximum Gasteiger partial charge on any atom is 0.0404 e. The van der Waals surface area contributed by atoms with Crippen molar-refractivity contribution in [1.29, 1.82) is 0 Å². The summed E-state index contributed by atoms with van der Waals surface area (Å²) < 4.78 is 0.